The summed E-state index contributed by atoms with van der Waals surface area (Å²) < 4.78 is 1.01. The highest BCUT2D eigenvalue weighted by atomic mass is 16.4. The summed E-state index contributed by atoms with van der Waals surface area (Å²) >= 11 is 0. The average molecular weight is 208 g/mol. The molecule has 0 amide bonds. The maximum atomic E-state index is 10.8. The molecule has 0 radical (unpaired) electrons. The second-order valence-electron chi connectivity index (χ2n) is 2.65. The minimum absolute atomic E-state index is 0.00694. The van der Waals surface area contributed by atoms with Crippen molar-refractivity contribution in [2.45, 2.75) is 0 Å². The average Bonchev–Trinajstić information content (AvgIpc) is 2.62. The number of hydrogen-bond donors (Lipinski definition) is 2. The van der Waals surface area contributed by atoms with Gasteiger partial charge in [0.2, 0.25) is 0 Å². The topological polar surface area (TPSA) is 118 Å². The predicted octanol–water partition coefficient (Wildman–Crippen LogP) is -0.479. The van der Waals surface area contributed by atoms with Crippen molar-refractivity contribution in [1.82, 2.24) is 19.8 Å². The van der Waals surface area contributed by atoms with E-state index in [1.165, 1.54) is 0 Å². The van der Waals surface area contributed by atoms with E-state index in [1.54, 1.807) is 0 Å². The van der Waals surface area contributed by atoms with Crippen molar-refractivity contribution < 1.29 is 19.8 Å². The van der Waals surface area contributed by atoms with Crippen molar-refractivity contribution in [3.63, 3.8) is 0 Å². The highest BCUT2D eigenvalue weighted by molar-refractivity contribution is 5.96. The number of carboxylic acid groups (broad SMARTS) is 2. The molecule has 2 heterocycles. The third kappa shape index (κ3) is 1.37. The van der Waals surface area contributed by atoms with Crippen LogP contribution in [0.5, 0.6) is 0 Å². The summed E-state index contributed by atoms with van der Waals surface area (Å²) in [6.07, 6.45) is 1.13. The summed E-state index contributed by atoms with van der Waals surface area (Å²) in [7, 11) is 0. The largest absolute Gasteiger partial charge is 0.478 e. The van der Waals surface area contributed by atoms with Crippen LogP contribution in [-0.2, 0) is 0 Å². The molecule has 0 aromatic carbocycles. The summed E-state index contributed by atoms with van der Waals surface area (Å²) in [5.41, 5.74) is -0.618. The van der Waals surface area contributed by atoms with Crippen molar-refractivity contribution >= 4 is 17.6 Å². The minimum Gasteiger partial charge on any atom is -0.478 e. The highest BCUT2D eigenvalue weighted by Gasteiger charge is 2.16. The molecule has 0 saturated carbocycles. The molecule has 2 aromatic rings. The van der Waals surface area contributed by atoms with Crippen molar-refractivity contribution in [1.29, 1.82) is 0 Å². The number of fused-ring (bicyclic) bond motifs is 1. The van der Waals surface area contributed by atoms with Gasteiger partial charge in [0.1, 0.15) is 11.9 Å². The van der Waals surface area contributed by atoms with Crippen LogP contribution in [0.3, 0.4) is 0 Å². The van der Waals surface area contributed by atoms with Crippen LogP contribution >= 0.6 is 0 Å². The van der Waals surface area contributed by atoms with Crippen LogP contribution in [0, 0.1) is 0 Å². The fourth-order valence-corrected chi connectivity index (χ4v) is 1.09. The van der Waals surface area contributed by atoms with Crippen molar-refractivity contribution in [3.05, 3.63) is 23.7 Å². The predicted molar refractivity (Wildman–Crippen MR) is 44.7 cm³/mol. The van der Waals surface area contributed by atoms with Crippen molar-refractivity contribution in [3.8, 4) is 0 Å². The second kappa shape index (κ2) is 3.01. The van der Waals surface area contributed by atoms with E-state index in [0.29, 0.717) is 0 Å². The Balaban J connectivity index is 2.80. The fourth-order valence-electron chi connectivity index (χ4n) is 1.09. The SMILES string of the molecule is O=C(O)c1cc(C(=O)O)c2nncn2n1. The highest BCUT2D eigenvalue weighted by Crippen LogP contribution is 2.08. The molecule has 2 N–H and O–H groups in total. The molecule has 0 aliphatic heterocycles. The van der Waals surface area contributed by atoms with Gasteiger partial charge in [0.05, 0.1) is 0 Å². The molecule has 15 heavy (non-hydrogen) atoms. The molecule has 0 saturated heterocycles. The van der Waals surface area contributed by atoms with Gasteiger partial charge in [0, 0.05) is 0 Å². The smallest absolute Gasteiger partial charge is 0.356 e. The van der Waals surface area contributed by atoms with Gasteiger partial charge in [-0.1, -0.05) is 0 Å². The maximum absolute atomic E-state index is 10.8. The molecule has 0 fully saturated rings. The van der Waals surface area contributed by atoms with Crippen LogP contribution < -0.4 is 0 Å². The van der Waals surface area contributed by atoms with E-state index in [-0.39, 0.29) is 16.9 Å². The zero-order valence-corrected chi connectivity index (χ0v) is 7.15. The molecule has 76 valence electrons. The summed E-state index contributed by atoms with van der Waals surface area (Å²) in [6, 6.07) is 0.939. The van der Waals surface area contributed by atoms with Crippen LogP contribution in [0.25, 0.3) is 5.65 Å². The van der Waals surface area contributed by atoms with Crippen molar-refractivity contribution in [2.24, 2.45) is 0 Å². The van der Waals surface area contributed by atoms with Crippen molar-refractivity contribution in [2.75, 3.05) is 0 Å². The molecular weight excluding hydrogens is 204 g/mol. The Morgan fingerprint density at radius 3 is 2.60 bits per heavy atom. The lowest BCUT2D eigenvalue weighted by Gasteiger charge is -1.98. The normalized spacial score (nSPS) is 10.4. The number of aromatic carboxylic acids is 2. The van der Waals surface area contributed by atoms with E-state index in [0.717, 1.165) is 16.9 Å². The number of rotatable bonds is 2. The van der Waals surface area contributed by atoms with E-state index in [2.05, 4.69) is 15.3 Å². The van der Waals surface area contributed by atoms with Gasteiger partial charge < -0.3 is 10.2 Å². The third-order valence-electron chi connectivity index (χ3n) is 1.72. The summed E-state index contributed by atoms with van der Waals surface area (Å²) in [4.78, 5) is 21.4. The number of carboxylic acids is 2. The number of hydrogen-bond acceptors (Lipinski definition) is 5. The number of nitrogens with zero attached hydrogens (tertiary/aromatic N) is 4. The van der Waals surface area contributed by atoms with Gasteiger partial charge in [0.15, 0.2) is 11.3 Å². The standard InChI is InChI=1S/C7H4N4O4/c12-6(13)3-1-4(7(14)15)10-11-2-8-9-5(3)11/h1-2H,(H,12,13)(H,14,15). The van der Waals surface area contributed by atoms with E-state index in [4.69, 9.17) is 10.2 Å². The number of carbonyl (C=O) groups is 2. The minimum atomic E-state index is -1.31. The first-order valence-electron chi connectivity index (χ1n) is 3.77. The summed E-state index contributed by atoms with van der Waals surface area (Å²) in [6.45, 7) is 0. The molecule has 0 atom stereocenters. The molecule has 0 aliphatic rings. The molecule has 2 rings (SSSR count). The van der Waals surface area contributed by atoms with Gasteiger partial charge in [-0.2, -0.15) is 9.61 Å². The van der Waals surface area contributed by atoms with E-state index in [9.17, 15) is 9.59 Å². The van der Waals surface area contributed by atoms with Gasteiger partial charge in [-0.3, -0.25) is 0 Å². The fraction of sp³-hybridized carbons (Fsp3) is 0. The lowest BCUT2D eigenvalue weighted by molar-refractivity contribution is 0.0689. The lowest BCUT2D eigenvalue weighted by atomic mass is 10.2. The molecule has 8 heteroatoms. The third-order valence-corrected chi connectivity index (χ3v) is 1.72. The molecule has 0 spiro atoms. The summed E-state index contributed by atoms with van der Waals surface area (Å²) in [5.74, 6) is -2.59. The van der Waals surface area contributed by atoms with Crippen LogP contribution in [-0.4, -0.2) is 42.0 Å². The summed E-state index contributed by atoms with van der Waals surface area (Å²) in [5, 5.41) is 28.0. The molecule has 0 aliphatic carbocycles. The first-order valence-corrected chi connectivity index (χ1v) is 3.77. The Morgan fingerprint density at radius 2 is 2.00 bits per heavy atom. The van der Waals surface area contributed by atoms with Gasteiger partial charge >= 0.3 is 11.9 Å². The Labute approximate surface area is 81.8 Å². The molecule has 0 unspecified atom stereocenters. The van der Waals surface area contributed by atoms with Gasteiger partial charge in [-0.25, -0.2) is 9.59 Å². The quantitative estimate of drug-likeness (QED) is 0.684. The van der Waals surface area contributed by atoms with E-state index >= 15 is 0 Å². The zero-order chi connectivity index (χ0) is 11.0. The zero-order valence-electron chi connectivity index (χ0n) is 7.15. The van der Waals surface area contributed by atoms with Gasteiger partial charge in [0.25, 0.3) is 0 Å². The molecular formula is C7H4N4O4. The Bertz CT molecular complexity index is 561. The number of aromatic nitrogens is 4. The lowest BCUT2D eigenvalue weighted by Crippen LogP contribution is -2.10. The monoisotopic (exact) mass is 208 g/mol. The first kappa shape index (κ1) is 9.06. The van der Waals surface area contributed by atoms with E-state index < -0.39 is 11.9 Å². The van der Waals surface area contributed by atoms with E-state index in [1.807, 2.05) is 0 Å². The van der Waals surface area contributed by atoms with Crippen LogP contribution in [0.15, 0.2) is 12.4 Å². The molecule has 8 nitrogen and oxygen atoms in total. The Kier molecular flexibility index (Phi) is 1.82. The van der Waals surface area contributed by atoms with Crippen LogP contribution in [0.4, 0.5) is 0 Å². The second-order valence-corrected chi connectivity index (χ2v) is 2.65. The van der Waals surface area contributed by atoms with Gasteiger partial charge in [-0.15, -0.1) is 10.2 Å². The first-order chi connectivity index (χ1) is 7.09. The maximum Gasteiger partial charge on any atom is 0.356 e. The van der Waals surface area contributed by atoms with Crippen LogP contribution in [0.2, 0.25) is 0 Å². The van der Waals surface area contributed by atoms with Gasteiger partial charge in [-0.05, 0) is 6.07 Å². The Hall–Kier alpha value is -2.51. The van der Waals surface area contributed by atoms with Crippen LogP contribution in [0.1, 0.15) is 20.8 Å². The molecule has 0 bridgehead atoms. The molecule has 2 aromatic heterocycles. The Morgan fingerprint density at radius 1 is 1.27 bits per heavy atom.